The highest BCUT2D eigenvalue weighted by atomic mass is 35.5. The third kappa shape index (κ3) is 2.37. The quantitative estimate of drug-likeness (QED) is 0.844. The van der Waals surface area contributed by atoms with Crippen LogP contribution in [-0.4, -0.2) is 21.6 Å². The smallest absolute Gasteiger partial charge is 0.353 e. The van der Waals surface area contributed by atoms with Gasteiger partial charge in [-0.05, 0) is 24.3 Å². The van der Waals surface area contributed by atoms with E-state index in [4.69, 9.17) is 23.2 Å². The summed E-state index contributed by atoms with van der Waals surface area (Å²) in [6.07, 6.45) is -1.56. The summed E-state index contributed by atoms with van der Waals surface area (Å²) >= 11 is 11.3. The van der Waals surface area contributed by atoms with Crippen molar-refractivity contribution in [3.8, 4) is 0 Å². The lowest BCUT2D eigenvalue weighted by molar-refractivity contribution is -0.150. The Bertz CT molecular complexity index is 524. The van der Waals surface area contributed by atoms with Crippen molar-refractivity contribution < 1.29 is 18.8 Å². The predicted molar refractivity (Wildman–Crippen MR) is 62.8 cm³/mol. The zero-order valence-corrected chi connectivity index (χ0v) is 10.6. The summed E-state index contributed by atoms with van der Waals surface area (Å²) in [6.45, 7) is 0. The molecular formula is C10H6Cl2O4S. The number of aliphatic hydroxyl groups excluding tert-OH is 1. The fourth-order valence-electron chi connectivity index (χ4n) is 1.27. The van der Waals surface area contributed by atoms with Crippen LogP contribution in [0.5, 0.6) is 0 Å². The number of carbonyl (C=O) groups excluding carboxylic acids is 1. The summed E-state index contributed by atoms with van der Waals surface area (Å²) in [5.74, 6) is -0.878. The number of esters is 1. The number of cyclic esters (lactones) is 1. The number of benzene rings is 1. The first-order valence-electron chi connectivity index (χ1n) is 4.47. The van der Waals surface area contributed by atoms with Crippen LogP contribution in [0.4, 0.5) is 0 Å². The highest BCUT2D eigenvalue weighted by Gasteiger charge is 2.36. The normalized spacial score (nSPS) is 21.6. The summed E-state index contributed by atoms with van der Waals surface area (Å²) in [6, 6.07) is 6.14. The second-order valence-electron chi connectivity index (χ2n) is 3.16. The summed E-state index contributed by atoms with van der Waals surface area (Å²) < 4.78 is 16.5. The van der Waals surface area contributed by atoms with Gasteiger partial charge < -0.3 is 9.84 Å². The molecule has 1 aromatic rings. The Morgan fingerprint density at radius 3 is 2.29 bits per heavy atom. The van der Waals surface area contributed by atoms with Gasteiger partial charge in [-0.1, -0.05) is 23.2 Å². The first-order chi connectivity index (χ1) is 8.00. The second-order valence-corrected chi connectivity index (χ2v) is 5.42. The molecule has 1 N–H and O–H groups in total. The topological polar surface area (TPSA) is 63.6 Å². The Hall–Kier alpha value is -0.880. The summed E-state index contributed by atoms with van der Waals surface area (Å²) in [5, 5.41) is 9.56. The average Bonchev–Trinajstić information content (AvgIpc) is 2.53. The van der Waals surface area contributed by atoms with Crippen LogP contribution in [0.1, 0.15) is 0 Å². The molecule has 2 atom stereocenters. The van der Waals surface area contributed by atoms with Crippen LogP contribution in [0.25, 0.3) is 0 Å². The van der Waals surface area contributed by atoms with E-state index in [-0.39, 0.29) is 9.94 Å². The van der Waals surface area contributed by atoms with Gasteiger partial charge in [0.15, 0.2) is 0 Å². The molecule has 1 aliphatic heterocycles. The van der Waals surface area contributed by atoms with Gasteiger partial charge in [-0.25, -0.2) is 9.00 Å². The van der Waals surface area contributed by atoms with Gasteiger partial charge in [-0.15, -0.1) is 0 Å². The van der Waals surface area contributed by atoms with Gasteiger partial charge >= 0.3 is 5.97 Å². The number of carbonyl (C=O) groups is 1. The molecule has 90 valence electrons. The molecule has 0 bridgehead atoms. The fourth-order valence-corrected chi connectivity index (χ4v) is 2.86. The zero-order chi connectivity index (χ0) is 12.6. The third-order valence-electron chi connectivity index (χ3n) is 2.07. The van der Waals surface area contributed by atoms with Crippen LogP contribution in [0.2, 0.25) is 5.02 Å². The number of ether oxygens (including phenoxy) is 1. The van der Waals surface area contributed by atoms with Gasteiger partial charge in [0.05, 0.1) is 10.8 Å². The van der Waals surface area contributed by atoms with Gasteiger partial charge in [-0.2, -0.15) is 0 Å². The minimum Gasteiger partial charge on any atom is -0.426 e. The van der Waals surface area contributed by atoms with E-state index in [1.807, 2.05) is 0 Å². The molecule has 0 aromatic heterocycles. The van der Waals surface area contributed by atoms with Crippen LogP contribution in [0.15, 0.2) is 39.1 Å². The molecule has 0 saturated heterocycles. The monoisotopic (exact) mass is 292 g/mol. The van der Waals surface area contributed by atoms with E-state index in [1.165, 1.54) is 12.1 Å². The van der Waals surface area contributed by atoms with Crippen LogP contribution in [0, 0.1) is 0 Å². The Morgan fingerprint density at radius 2 is 1.82 bits per heavy atom. The van der Waals surface area contributed by atoms with Crippen molar-refractivity contribution in [3.05, 3.63) is 39.2 Å². The van der Waals surface area contributed by atoms with Crippen molar-refractivity contribution >= 4 is 40.0 Å². The minimum absolute atomic E-state index is 0.140. The molecule has 4 nitrogen and oxygen atoms in total. The maximum atomic E-state index is 12.1. The Kier molecular flexibility index (Phi) is 3.53. The van der Waals surface area contributed by atoms with E-state index in [2.05, 4.69) is 4.74 Å². The van der Waals surface area contributed by atoms with E-state index in [0.717, 1.165) is 0 Å². The maximum absolute atomic E-state index is 12.1. The Labute approximate surface area is 109 Å². The molecule has 2 rings (SSSR count). The highest BCUT2D eigenvalue weighted by Crippen LogP contribution is 2.30. The van der Waals surface area contributed by atoms with Crippen molar-refractivity contribution in [2.24, 2.45) is 0 Å². The standard InChI is InChI=1S/C10H6Cl2O4S/c11-5-1-3-6(4-2-5)17(15)8-7(12)9(13)16-10(8)14/h1-4,10,14H/t10-,17-/m0/s1. The molecular weight excluding hydrogens is 287 g/mol. The summed E-state index contributed by atoms with van der Waals surface area (Å²) in [4.78, 5) is 11.3. The lowest BCUT2D eigenvalue weighted by atomic mass is 10.4. The van der Waals surface area contributed by atoms with Crippen LogP contribution in [0.3, 0.4) is 0 Å². The lowest BCUT2D eigenvalue weighted by Gasteiger charge is -2.06. The van der Waals surface area contributed by atoms with Crippen LogP contribution >= 0.6 is 23.2 Å². The number of aliphatic hydroxyl groups is 1. The molecule has 0 fully saturated rings. The van der Waals surface area contributed by atoms with Crippen molar-refractivity contribution in [2.45, 2.75) is 11.2 Å². The highest BCUT2D eigenvalue weighted by molar-refractivity contribution is 7.89. The van der Waals surface area contributed by atoms with E-state index < -0.39 is 23.1 Å². The second kappa shape index (κ2) is 4.78. The van der Waals surface area contributed by atoms with Gasteiger partial charge in [0.1, 0.15) is 9.94 Å². The molecule has 0 aliphatic carbocycles. The SMILES string of the molecule is O=C1O[C@H](O)C([S@@](=O)c2ccc(Cl)cc2)=C1Cl. The number of hydrogen-bond acceptors (Lipinski definition) is 4. The van der Waals surface area contributed by atoms with Gasteiger partial charge in [0.2, 0.25) is 6.29 Å². The molecule has 0 amide bonds. The summed E-state index contributed by atoms with van der Waals surface area (Å²) in [5.41, 5.74) is 0. The molecule has 1 heterocycles. The first-order valence-corrected chi connectivity index (χ1v) is 6.37. The Balaban J connectivity index is 2.38. The third-order valence-corrected chi connectivity index (χ3v) is 4.29. The maximum Gasteiger partial charge on any atom is 0.353 e. The predicted octanol–water partition coefficient (Wildman–Crippen LogP) is 1.77. The molecule has 0 saturated carbocycles. The first kappa shape index (κ1) is 12.6. The van der Waals surface area contributed by atoms with E-state index in [1.54, 1.807) is 12.1 Å². The van der Waals surface area contributed by atoms with Crippen molar-refractivity contribution in [3.63, 3.8) is 0 Å². The van der Waals surface area contributed by atoms with Crippen molar-refractivity contribution in [2.75, 3.05) is 0 Å². The van der Waals surface area contributed by atoms with Gasteiger partial charge in [-0.3, -0.25) is 0 Å². The number of rotatable bonds is 2. The molecule has 0 radical (unpaired) electrons. The largest absolute Gasteiger partial charge is 0.426 e. The molecule has 0 unspecified atom stereocenters. The lowest BCUT2D eigenvalue weighted by Crippen LogP contribution is -2.13. The van der Waals surface area contributed by atoms with E-state index in [9.17, 15) is 14.1 Å². The van der Waals surface area contributed by atoms with Crippen LogP contribution in [-0.2, 0) is 20.3 Å². The zero-order valence-electron chi connectivity index (χ0n) is 8.22. The van der Waals surface area contributed by atoms with E-state index >= 15 is 0 Å². The van der Waals surface area contributed by atoms with Crippen molar-refractivity contribution in [1.29, 1.82) is 0 Å². The fraction of sp³-hybridized carbons (Fsp3) is 0.100. The van der Waals surface area contributed by atoms with E-state index in [0.29, 0.717) is 9.92 Å². The van der Waals surface area contributed by atoms with Gasteiger partial charge in [0, 0.05) is 9.92 Å². The minimum atomic E-state index is -1.75. The molecule has 1 aliphatic rings. The summed E-state index contributed by atoms with van der Waals surface area (Å²) in [7, 11) is -1.75. The average molecular weight is 293 g/mol. The molecule has 7 heteroatoms. The van der Waals surface area contributed by atoms with Gasteiger partial charge in [0.25, 0.3) is 0 Å². The molecule has 17 heavy (non-hydrogen) atoms. The number of hydrogen-bond donors (Lipinski definition) is 1. The van der Waals surface area contributed by atoms with Crippen LogP contribution < -0.4 is 0 Å². The molecule has 1 aromatic carbocycles. The number of halogens is 2. The van der Waals surface area contributed by atoms with Crippen molar-refractivity contribution in [1.82, 2.24) is 0 Å². The Morgan fingerprint density at radius 1 is 1.24 bits per heavy atom. The molecule has 0 spiro atoms.